The van der Waals surface area contributed by atoms with Gasteiger partial charge < -0.3 is 15.0 Å². The van der Waals surface area contributed by atoms with Gasteiger partial charge in [0, 0.05) is 13.1 Å². The molecule has 0 radical (unpaired) electrons. The number of hydrogen-bond donors (Lipinski definition) is 1. The van der Waals surface area contributed by atoms with E-state index in [9.17, 15) is 0 Å². The third-order valence-corrected chi connectivity index (χ3v) is 3.04. The van der Waals surface area contributed by atoms with Crippen LogP contribution in [0, 0.1) is 5.92 Å². The first-order valence-corrected chi connectivity index (χ1v) is 7.18. The summed E-state index contributed by atoms with van der Waals surface area (Å²) >= 11 is 0. The molecule has 17 heavy (non-hydrogen) atoms. The summed E-state index contributed by atoms with van der Waals surface area (Å²) in [5.41, 5.74) is 0. The van der Waals surface area contributed by atoms with Crippen LogP contribution in [0.15, 0.2) is 0 Å². The molecule has 3 heteroatoms. The van der Waals surface area contributed by atoms with Crippen LogP contribution in [0.25, 0.3) is 0 Å². The Morgan fingerprint density at radius 1 is 1.06 bits per heavy atom. The largest absolute Gasteiger partial charge is 0.376 e. The molecule has 0 aromatic rings. The lowest BCUT2D eigenvalue weighted by Gasteiger charge is -2.21. The molecule has 0 heterocycles. The monoisotopic (exact) mass is 244 g/mol. The smallest absolute Gasteiger partial charge is 0.0697 e. The molecule has 0 aromatic heterocycles. The van der Waals surface area contributed by atoms with Crippen molar-refractivity contribution in [3.05, 3.63) is 0 Å². The maximum Gasteiger partial charge on any atom is 0.0697 e. The van der Waals surface area contributed by atoms with E-state index in [1.165, 1.54) is 0 Å². The lowest BCUT2D eigenvalue weighted by molar-refractivity contribution is 0.0367. The highest BCUT2D eigenvalue weighted by Gasteiger charge is 2.07. The maximum atomic E-state index is 5.90. The molecule has 0 fully saturated rings. The fraction of sp³-hybridized carbons (Fsp3) is 1.00. The summed E-state index contributed by atoms with van der Waals surface area (Å²) < 4.78 is 5.90. The predicted molar refractivity (Wildman–Crippen MR) is 75.5 cm³/mol. The van der Waals surface area contributed by atoms with Crippen LogP contribution in [0.3, 0.4) is 0 Å². The van der Waals surface area contributed by atoms with E-state index in [0.29, 0.717) is 12.0 Å². The Morgan fingerprint density at radius 3 is 2.18 bits per heavy atom. The van der Waals surface area contributed by atoms with Gasteiger partial charge >= 0.3 is 0 Å². The average molecular weight is 244 g/mol. The lowest BCUT2D eigenvalue weighted by atomic mass is 10.2. The predicted octanol–water partition coefficient (Wildman–Crippen LogP) is 2.37. The van der Waals surface area contributed by atoms with E-state index in [2.05, 4.69) is 44.8 Å². The van der Waals surface area contributed by atoms with Crippen LogP contribution in [0.4, 0.5) is 0 Å². The van der Waals surface area contributed by atoms with Crippen molar-refractivity contribution in [2.24, 2.45) is 5.92 Å². The van der Waals surface area contributed by atoms with Crippen LogP contribution in [0.1, 0.15) is 41.0 Å². The summed E-state index contributed by atoms with van der Waals surface area (Å²) in [6, 6.07) is 0. The molecule has 0 aliphatic carbocycles. The van der Waals surface area contributed by atoms with Gasteiger partial charge in [-0.2, -0.15) is 0 Å². The van der Waals surface area contributed by atoms with Crippen LogP contribution in [-0.4, -0.2) is 50.3 Å². The van der Waals surface area contributed by atoms with Gasteiger partial charge in [-0.15, -0.1) is 0 Å². The van der Waals surface area contributed by atoms with Gasteiger partial charge in [0.2, 0.25) is 0 Å². The van der Waals surface area contributed by atoms with Crippen molar-refractivity contribution in [1.82, 2.24) is 10.2 Å². The van der Waals surface area contributed by atoms with E-state index < -0.39 is 0 Å². The van der Waals surface area contributed by atoms with Gasteiger partial charge in [0.15, 0.2) is 0 Å². The van der Waals surface area contributed by atoms with Gasteiger partial charge in [0.1, 0.15) is 0 Å². The second kappa shape index (κ2) is 11.0. The second-order valence-electron chi connectivity index (χ2n) is 4.98. The topological polar surface area (TPSA) is 24.5 Å². The zero-order chi connectivity index (χ0) is 13.1. The minimum absolute atomic E-state index is 0.365. The molecule has 0 aliphatic rings. The summed E-state index contributed by atoms with van der Waals surface area (Å²) in [4.78, 5) is 2.40. The van der Waals surface area contributed by atoms with Gasteiger partial charge in [0.05, 0.1) is 12.7 Å². The Morgan fingerprint density at radius 2 is 1.71 bits per heavy atom. The average Bonchev–Trinajstić information content (AvgIpc) is 2.32. The second-order valence-corrected chi connectivity index (χ2v) is 4.98. The molecule has 0 aliphatic heterocycles. The highest BCUT2D eigenvalue weighted by Crippen LogP contribution is 1.98. The maximum absolute atomic E-state index is 5.90. The van der Waals surface area contributed by atoms with Crippen LogP contribution < -0.4 is 5.32 Å². The van der Waals surface area contributed by atoms with Crippen LogP contribution in [-0.2, 0) is 4.74 Å². The minimum atomic E-state index is 0.365. The van der Waals surface area contributed by atoms with Crippen molar-refractivity contribution >= 4 is 0 Å². The molecule has 1 unspecified atom stereocenters. The van der Waals surface area contributed by atoms with E-state index in [0.717, 1.165) is 45.8 Å². The summed E-state index contributed by atoms with van der Waals surface area (Å²) in [6.45, 7) is 17.2. The molecule has 0 amide bonds. The lowest BCUT2D eigenvalue weighted by Crippen LogP contribution is -2.34. The Labute approximate surface area is 108 Å². The number of ether oxygens (including phenoxy) is 1. The Hall–Kier alpha value is -0.120. The van der Waals surface area contributed by atoms with Crippen molar-refractivity contribution < 1.29 is 4.74 Å². The van der Waals surface area contributed by atoms with E-state index in [1.54, 1.807) is 0 Å². The van der Waals surface area contributed by atoms with Gasteiger partial charge in [-0.1, -0.05) is 34.6 Å². The molecule has 0 rings (SSSR count). The third-order valence-electron chi connectivity index (χ3n) is 3.04. The number of hydrogen-bond acceptors (Lipinski definition) is 3. The molecule has 1 atom stereocenters. The van der Waals surface area contributed by atoms with Crippen LogP contribution in [0.5, 0.6) is 0 Å². The van der Waals surface area contributed by atoms with Gasteiger partial charge in [-0.25, -0.2) is 0 Å². The quantitative estimate of drug-likeness (QED) is 0.604. The van der Waals surface area contributed by atoms with Crippen molar-refractivity contribution in [2.45, 2.75) is 47.1 Å². The highest BCUT2D eigenvalue weighted by atomic mass is 16.5. The molecular weight excluding hydrogens is 212 g/mol. The molecule has 0 spiro atoms. The van der Waals surface area contributed by atoms with Crippen molar-refractivity contribution in [3.63, 3.8) is 0 Å². The van der Waals surface area contributed by atoms with Crippen molar-refractivity contribution in [2.75, 3.05) is 39.3 Å². The molecule has 0 saturated carbocycles. The first-order chi connectivity index (χ1) is 8.13. The summed E-state index contributed by atoms with van der Waals surface area (Å²) in [5.74, 6) is 0.711. The van der Waals surface area contributed by atoms with E-state index in [4.69, 9.17) is 4.74 Å². The molecule has 0 bridgehead atoms. The molecule has 104 valence electrons. The SMILES string of the molecule is CCC(CNCC(C)C)OCCN(CC)CC. The van der Waals surface area contributed by atoms with Gasteiger partial charge in [-0.05, 0) is 32.0 Å². The minimum Gasteiger partial charge on any atom is -0.376 e. The van der Waals surface area contributed by atoms with E-state index in [1.807, 2.05) is 0 Å². The van der Waals surface area contributed by atoms with Crippen molar-refractivity contribution in [3.8, 4) is 0 Å². The Balaban J connectivity index is 3.60. The van der Waals surface area contributed by atoms with Gasteiger partial charge in [-0.3, -0.25) is 0 Å². The molecule has 3 nitrogen and oxygen atoms in total. The normalized spacial score (nSPS) is 13.6. The number of rotatable bonds is 11. The highest BCUT2D eigenvalue weighted by molar-refractivity contribution is 4.62. The Kier molecular flexibility index (Phi) is 10.9. The molecule has 1 N–H and O–H groups in total. The Bertz CT molecular complexity index is 158. The van der Waals surface area contributed by atoms with Crippen LogP contribution in [0.2, 0.25) is 0 Å². The van der Waals surface area contributed by atoms with Gasteiger partial charge in [0.25, 0.3) is 0 Å². The first-order valence-electron chi connectivity index (χ1n) is 7.18. The zero-order valence-electron chi connectivity index (χ0n) is 12.5. The number of nitrogens with zero attached hydrogens (tertiary/aromatic N) is 1. The van der Waals surface area contributed by atoms with Crippen molar-refractivity contribution in [1.29, 1.82) is 0 Å². The standard InChI is InChI=1S/C14H32N2O/c1-6-14(12-15-11-13(4)5)17-10-9-16(7-2)8-3/h13-15H,6-12H2,1-5H3. The fourth-order valence-electron chi connectivity index (χ4n) is 1.74. The third kappa shape index (κ3) is 9.57. The molecule has 0 saturated heterocycles. The summed E-state index contributed by atoms with van der Waals surface area (Å²) in [7, 11) is 0. The summed E-state index contributed by atoms with van der Waals surface area (Å²) in [6.07, 6.45) is 1.45. The number of likely N-dealkylation sites (N-methyl/N-ethyl adjacent to an activating group) is 1. The molecule has 0 aromatic carbocycles. The summed E-state index contributed by atoms with van der Waals surface area (Å²) in [5, 5.41) is 3.46. The van der Waals surface area contributed by atoms with Crippen LogP contribution >= 0.6 is 0 Å². The van der Waals surface area contributed by atoms with E-state index in [-0.39, 0.29) is 0 Å². The first kappa shape index (κ1) is 16.9. The fourth-order valence-corrected chi connectivity index (χ4v) is 1.74. The molecular formula is C14H32N2O. The van der Waals surface area contributed by atoms with E-state index >= 15 is 0 Å². The number of nitrogens with one attached hydrogen (secondary N) is 1. The zero-order valence-corrected chi connectivity index (χ0v) is 12.5.